The minimum Gasteiger partial charge on any atom is -0.393 e. The molecule has 0 amide bonds. The molecule has 0 aliphatic heterocycles. The molecule has 20 heavy (non-hydrogen) atoms. The van der Waals surface area contributed by atoms with Gasteiger partial charge in [-0.3, -0.25) is 0 Å². The van der Waals surface area contributed by atoms with Gasteiger partial charge in [0, 0.05) is 0 Å². The molecule has 0 fully saturated rings. The molecule has 0 bridgehead atoms. The summed E-state index contributed by atoms with van der Waals surface area (Å²) >= 11 is 3.24. The first-order valence-electron chi connectivity index (χ1n) is 7.76. The van der Waals surface area contributed by atoms with E-state index in [1.807, 2.05) is 6.07 Å². The zero-order valence-corrected chi connectivity index (χ0v) is 14.0. The molecule has 0 aromatic heterocycles. The van der Waals surface area contributed by atoms with Crippen LogP contribution in [-0.2, 0) is 6.42 Å². The highest BCUT2D eigenvalue weighted by molar-refractivity contribution is 9.10. The summed E-state index contributed by atoms with van der Waals surface area (Å²) in [6, 6.07) is 4.98. The van der Waals surface area contributed by atoms with Gasteiger partial charge in [-0.25, -0.2) is 4.39 Å². The van der Waals surface area contributed by atoms with E-state index in [-0.39, 0.29) is 11.9 Å². The molecule has 0 saturated carbocycles. The van der Waals surface area contributed by atoms with Crippen LogP contribution >= 0.6 is 15.9 Å². The summed E-state index contributed by atoms with van der Waals surface area (Å²) in [6.45, 7) is 2.22. The second-order valence-electron chi connectivity index (χ2n) is 5.48. The molecule has 1 rings (SSSR count). The van der Waals surface area contributed by atoms with Gasteiger partial charge in [-0.15, -0.1) is 0 Å². The van der Waals surface area contributed by atoms with Crippen molar-refractivity contribution in [2.45, 2.75) is 70.8 Å². The minimum atomic E-state index is -0.372. The topological polar surface area (TPSA) is 20.2 Å². The molecule has 114 valence electrons. The number of aliphatic hydroxyl groups excluding tert-OH is 1. The minimum absolute atomic E-state index is 0.259. The van der Waals surface area contributed by atoms with E-state index in [9.17, 15) is 9.50 Å². The van der Waals surface area contributed by atoms with Crippen molar-refractivity contribution in [1.82, 2.24) is 0 Å². The first kappa shape index (κ1) is 17.6. The summed E-state index contributed by atoms with van der Waals surface area (Å²) in [7, 11) is 0. The molecule has 1 N–H and O–H groups in total. The van der Waals surface area contributed by atoms with Gasteiger partial charge in [-0.1, -0.05) is 64.0 Å². The maximum atomic E-state index is 13.4. The maximum absolute atomic E-state index is 13.4. The molecule has 0 aliphatic carbocycles. The van der Waals surface area contributed by atoms with Gasteiger partial charge in [-0.2, -0.15) is 0 Å². The Morgan fingerprint density at radius 1 is 1.10 bits per heavy atom. The molecule has 1 atom stereocenters. The Labute approximate surface area is 130 Å². The lowest BCUT2D eigenvalue weighted by atomic mass is 10.0. The molecule has 1 unspecified atom stereocenters. The van der Waals surface area contributed by atoms with Crippen LogP contribution in [0.1, 0.15) is 63.9 Å². The van der Waals surface area contributed by atoms with Crippen molar-refractivity contribution in [3.8, 4) is 0 Å². The average molecular weight is 345 g/mol. The van der Waals surface area contributed by atoms with Gasteiger partial charge < -0.3 is 5.11 Å². The predicted octanol–water partition coefficient (Wildman–Crippen LogP) is 5.63. The van der Waals surface area contributed by atoms with E-state index in [0.717, 1.165) is 18.4 Å². The third kappa shape index (κ3) is 6.85. The summed E-state index contributed by atoms with van der Waals surface area (Å²) in [5.41, 5.74) is 0.848. The second-order valence-corrected chi connectivity index (χ2v) is 6.27. The second kappa shape index (κ2) is 10.3. The summed E-state index contributed by atoms with van der Waals surface area (Å²) < 4.78 is 13.8. The van der Waals surface area contributed by atoms with E-state index in [0.29, 0.717) is 10.9 Å². The first-order valence-corrected chi connectivity index (χ1v) is 8.55. The van der Waals surface area contributed by atoms with E-state index in [1.54, 1.807) is 6.07 Å². The van der Waals surface area contributed by atoms with E-state index in [2.05, 4.69) is 22.9 Å². The molecule has 0 aliphatic rings. The Hall–Kier alpha value is -0.410. The van der Waals surface area contributed by atoms with Crippen molar-refractivity contribution in [1.29, 1.82) is 0 Å². The van der Waals surface area contributed by atoms with Crippen LogP contribution in [0, 0.1) is 5.82 Å². The fourth-order valence-electron chi connectivity index (χ4n) is 2.40. The van der Waals surface area contributed by atoms with Crippen LogP contribution in [0.3, 0.4) is 0 Å². The van der Waals surface area contributed by atoms with Crippen LogP contribution in [0.5, 0.6) is 0 Å². The Morgan fingerprint density at radius 2 is 1.75 bits per heavy atom. The third-order valence-electron chi connectivity index (χ3n) is 3.63. The van der Waals surface area contributed by atoms with Gasteiger partial charge in [0.25, 0.3) is 0 Å². The average Bonchev–Trinajstić information content (AvgIpc) is 2.43. The zero-order chi connectivity index (χ0) is 14.8. The standard InChI is InChI=1S/C17H26BrFO/c1-2-3-4-5-6-7-8-11-15(20)13-14-10-9-12-16(19)17(14)18/h9-10,12,15,20H,2-8,11,13H2,1H3. The third-order valence-corrected chi connectivity index (χ3v) is 4.52. The van der Waals surface area contributed by atoms with Gasteiger partial charge in [0.05, 0.1) is 10.6 Å². The highest BCUT2D eigenvalue weighted by atomic mass is 79.9. The number of aliphatic hydroxyl groups is 1. The number of halogens is 2. The Kier molecular flexibility index (Phi) is 9.12. The Balaban J connectivity index is 2.17. The molecular formula is C17H26BrFO. The number of benzene rings is 1. The normalized spacial score (nSPS) is 12.6. The van der Waals surface area contributed by atoms with E-state index in [1.165, 1.54) is 44.6 Å². The smallest absolute Gasteiger partial charge is 0.137 e. The fourth-order valence-corrected chi connectivity index (χ4v) is 2.83. The van der Waals surface area contributed by atoms with Gasteiger partial charge >= 0.3 is 0 Å². The van der Waals surface area contributed by atoms with Crippen LogP contribution in [0.15, 0.2) is 22.7 Å². The van der Waals surface area contributed by atoms with E-state index >= 15 is 0 Å². The van der Waals surface area contributed by atoms with Crippen LogP contribution < -0.4 is 0 Å². The summed E-state index contributed by atoms with van der Waals surface area (Å²) in [5, 5.41) is 10.0. The highest BCUT2D eigenvalue weighted by Gasteiger charge is 2.10. The molecule has 1 nitrogen and oxygen atoms in total. The van der Waals surface area contributed by atoms with Crippen LogP contribution in [-0.4, -0.2) is 11.2 Å². The summed E-state index contributed by atoms with van der Waals surface area (Å²) in [5.74, 6) is -0.259. The fraction of sp³-hybridized carbons (Fsp3) is 0.647. The summed E-state index contributed by atoms with van der Waals surface area (Å²) in [4.78, 5) is 0. The molecule has 0 spiro atoms. The van der Waals surface area contributed by atoms with Crippen molar-refractivity contribution in [3.63, 3.8) is 0 Å². The monoisotopic (exact) mass is 344 g/mol. The lowest BCUT2D eigenvalue weighted by Gasteiger charge is -2.12. The van der Waals surface area contributed by atoms with Gasteiger partial charge in [0.15, 0.2) is 0 Å². The van der Waals surface area contributed by atoms with Gasteiger partial charge in [0.2, 0.25) is 0 Å². The molecule has 0 heterocycles. The largest absolute Gasteiger partial charge is 0.393 e. The van der Waals surface area contributed by atoms with Crippen molar-refractivity contribution in [3.05, 3.63) is 34.1 Å². The van der Waals surface area contributed by atoms with Crippen molar-refractivity contribution >= 4 is 15.9 Å². The van der Waals surface area contributed by atoms with Crippen molar-refractivity contribution < 1.29 is 9.50 Å². The number of rotatable bonds is 10. The quantitative estimate of drug-likeness (QED) is 0.545. The highest BCUT2D eigenvalue weighted by Crippen LogP contribution is 2.22. The Bertz CT molecular complexity index is 381. The van der Waals surface area contributed by atoms with Crippen molar-refractivity contribution in [2.24, 2.45) is 0 Å². The molecule has 0 saturated heterocycles. The van der Waals surface area contributed by atoms with Gasteiger partial charge in [-0.05, 0) is 40.4 Å². The summed E-state index contributed by atoms with van der Waals surface area (Å²) in [6.07, 6.45) is 9.70. The van der Waals surface area contributed by atoms with Crippen LogP contribution in [0.2, 0.25) is 0 Å². The van der Waals surface area contributed by atoms with E-state index < -0.39 is 0 Å². The molecular weight excluding hydrogens is 319 g/mol. The lowest BCUT2D eigenvalue weighted by Crippen LogP contribution is -2.11. The zero-order valence-electron chi connectivity index (χ0n) is 12.4. The number of hydrogen-bond acceptors (Lipinski definition) is 1. The van der Waals surface area contributed by atoms with Crippen LogP contribution in [0.25, 0.3) is 0 Å². The van der Waals surface area contributed by atoms with Gasteiger partial charge in [0.1, 0.15) is 5.82 Å². The molecule has 3 heteroatoms. The Morgan fingerprint density at radius 3 is 2.45 bits per heavy atom. The van der Waals surface area contributed by atoms with Crippen molar-refractivity contribution in [2.75, 3.05) is 0 Å². The molecule has 1 aromatic carbocycles. The molecule has 0 radical (unpaired) electrons. The predicted molar refractivity (Wildman–Crippen MR) is 86.4 cm³/mol. The first-order chi connectivity index (χ1) is 9.65. The van der Waals surface area contributed by atoms with E-state index in [4.69, 9.17) is 0 Å². The SMILES string of the molecule is CCCCCCCCCC(O)Cc1cccc(F)c1Br. The molecule has 1 aromatic rings. The van der Waals surface area contributed by atoms with Crippen LogP contribution in [0.4, 0.5) is 4.39 Å². The maximum Gasteiger partial charge on any atom is 0.137 e. The number of hydrogen-bond donors (Lipinski definition) is 1. The lowest BCUT2D eigenvalue weighted by molar-refractivity contribution is 0.160. The number of unbranched alkanes of at least 4 members (excludes halogenated alkanes) is 6.